The van der Waals surface area contributed by atoms with Crippen LogP contribution in [0.4, 0.5) is 0 Å². The maximum atomic E-state index is 13.2. The monoisotopic (exact) mass is 465 g/mol. The lowest BCUT2D eigenvalue weighted by Gasteiger charge is -2.36. The van der Waals surface area contributed by atoms with Crippen molar-refractivity contribution in [2.75, 3.05) is 19.9 Å². The summed E-state index contributed by atoms with van der Waals surface area (Å²) in [4.78, 5) is 40.8. The van der Waals surface area contributed by atoms with Gasteiger partial charge in [-0.1, -0.05) is 25.1 Å². The number of nitrogens with one attached hydrogen (secondary N) is 2. The lowest BCUT2D eigenvalue weighted by atomic mass is 9.88. The molecule has 0 bridgehead atoms. The van der Waals surface area contributed by atoms with Crippen LogP contribution in [0.15, 0.2) is 48.5 Å². The van der Waals surface area contributed by atoms with Crippen molar-refractivity contribution in [1.82, 2.24) is 15.5 Å². The van der Waals surface area contributed by atoms with Gasteiger partial charge < -0.3 is 25.0 Å². The minimum absolute atomic E-state index is 0.00260. The van der Waals surface area contributed by atoms with E-state index < -0.39 is 6.04 Å². The Morgan fingerprint density at radius 3 is 2.38 bits per heavy atom. The summed E-state index contributed by atoms with van der Waals surface area (Å²) in [5.74, 6) is 0.478. The van der Waals surface area contributed by atoms with E-state index in [1.54, 1.807) is 18.2 Å². The summed E-state index contributed by atoms with van der Waals surface area (Å²) in [5, 5.41) is 5.95. The maximum absolute atomic E-state index is 13.2. The number of ether oxygens (including phenoxy) is 2. The van der Waals surface area contributed by atoms with Gasteiger partial charge in [0.2, 0.25) is 12.7 Å². The molecule has 2 aliphatic heterocycles. The number of carbonyl (C=O) groups is 3. The highest BCUT2D eigenvalue weighted by Gasteiger charge is 2.34. The van der Waals surface area contributed by atoms with Crippen LogP contribution < -0.4 is 20.1 Å². The molecule has 2 atom stereocenters. The van der Waals surface area contributed by atoms with Crippen LogP contribution in [-0.2, 0) is 4.79 Å². The number of likely N-dealkylation sites (tertiary alicyclic amines) is 1. The van der Waals surface area contributed by atoms with E-state index in [9.17, 15) is 14.4 Å². The van der Waals surface area contributed by atoms with Gasteiger partial charge in [0, 0.05) is 30.3 Å². The van der Waals surface area contributed by atoms with E-state index in [4.69, 9.17) is 9.47 Å². The topological polar surface area (TPSA) is 97.0 Å². The van der Waals surface area contributed by atoms with Crippen molar-refractivity contribution in [2.45, 2.75) is 45.2 Å². The first-order valence-electron chi connectivity index (χ1n) is 11.8. The average Bonchev–Trinajstić information content (AvgIpc) is 3.35. The minimum atomic E-state index is -0.694. The highest BCUT2D eigenvalue weighted by Crippen LogP contribution is 2.32. The van der Waals surface area contributed by atoms with E-state index in [0.29, 0.717) is 48.6 Å². The third-order valence-corrected chi connectivity index (χ3v) is 6.52. The molecule has 1 saturated heterocycles. The van der Waals surface area contributed by atoms with Gasteiger partial charge in [-0.2, -0.15) is 0 Å². The van der Waals surface area contributed by atoms with Crippen molar-refractivity contribution in [3.63, 3.8) is 0 Å². The quantitative estimate of drug-likeness (QED) is 0.655. The van der Waals surface area contributed by atoms with Crippen molar-refractivity contribution in [3.8, 4) is 11.5 Å². The zero-order valence-electron chi connectivity index (χ0n) is 19.6. The van der Waals surface area contributed by atoms with Crippen LogP contribution in [0.1, 0.15) is 53.8 Å². The lowest BCUT2D eigenvalue weighted by Crippen LogP contribution is -2.55. The van der Waals surface area contributed by atoms with Crippen molar-refractivity contribution in [1.29, 1.82) is 0 Å². The highest BCUT2D eigenvalue weighted by molar-refractivity contribution is 5.98. The van der Waals surface area contributed by atoms with E-state index in [-0.39, 0.29) is 36.5 Å². The number of hydrogen-bond acceptors (Lipinski definition) is 5. The van der Waals surface area contributed by atoms with E-state index >= 15 is 0 Å². The number of benzene rings is 2. The second-order valence-corrected chi connectivity index (χ2v) is 8.83. The van der Waals surface area contributed by atoms with E-state index in [2.05, 4.69) is 10.6 Å². The maximum Gasteiger partial charge on any atom is 0.253 e. The van der Waals surface area contributed by atoms with Gasteiger partial charge >= 0.3 is 0 Å². The van der Waals surface area contributed by atoms with Crippen LogP contribution >= 0.6 is 0 Å². The summed E-state index contributed by atoms with van der Waals surface area (Å²) in [6.07, 6.45) is 2.04. The summed E-state index contributed by atoms with van der Waals surface area (Å²) in [5.41, 5.74) is 1.06. The minimum Gasteiger partial charge on any atom is -0.454 e. The molecule has 0 saturated carbocycles. The van der Waals surface area contributed by atoms with Crippen LogP contribution in [0.25, 0.3) is 0 Å². The molecule has 2 aliphatic rings. The van der Waals surface area contributed by atoms with Crippen LogP contribution in [-0.4, -0.2) is 54.6 Å². The molecule has 34 heavy (non-hydrogen) atoms. The van der Waals surface area contributed by atoms with Gasteiger partial charge in [0.25, 0.3) is 11.8 Å². The van der Waals surface area contributed by atoms with Gasteiger partial charge in [-0.05, 0) is 62.4 Å². The number of hydrogen-bond donors (Lipinski definition) is 2. The second-order valence-electron chi connectivity index (χ2n) is 8.83. The third kappa shape index (κ3) is 5.32. The molecule has 180 valence electrons. The first-order chi connectivity index (χ1) is 16.5. The number of nitrogens with zero attached hydrogens (tertiary/aromatic N) is 1. The normalized spacial score (nSPS) is 17.1. The lowest BCUT2D eigenvalue weighted by molar-refractivity contribution is -0.125. The molecular formula is C26H31N3O5. The number of rotatable bonds is 7. The number of amides is 3. The average molecular weight is 466 g/mol. The largest absolute Gasteiger partial charge is 0.454 e. The Bertz CT molecular complexity index is 1030. The molecule has 0 radical (unpaired) electrons. The van der Waals surface area contributed by atoms with Gasteiger partial charge in [0.1, 0.15) is 6.04 Å². The Hall–Kier alpha value is -3.55. The van der Waals surface area contributed by atoms with E-state index in [1.165, 1.54) is 0 Å². The van der Waals surface area contributed by atoms with Crippen molar-refractivity contribution < 1.29 is 23.9 Å². The molecule has 2 aromatic rings. The predicted molar refractivity (Wildman–Crippen MR) is 127 cm³/mol. The first kappa shape index (κ1) is 23.6. The summed E-state index contributed by atoms with van der Waals surface area (Å²) < 4.78 is 10.7. The first-order valence-corrected chi connectivity index (χ1v) is 11.8. The van der Waals surface area contributed by atoms with Gasteiger partial charge in [-0.25, -0.2) is 0 Å². The second kappa shape index (κ2) is 10.6. The highest BCUT2D eigenvalue weighted by atomic mass is 16.7. The molecule has 2 aromatic carbocycles. The molecule has 0 aliphatic carbocycles. The molecule has 3 amide bonds. The Morgan fingerprint density at radius 2 is 1.68 bits per heavy atom. The van der Waals surface area contributed by atoms with Gasteiger partial charge in [-0.15, -0.1) is 0 Å². The van der Waals surface area contributed by atoms with Gasteiger partial charge in [-0.3, -0.25) is 14.4 Å². The standard InChI is InChI=1S/C26H31N3O5/c1-3-17(2)27-25(31)23(28-24(30)20-9-10-21-22(15-20)34-16-33-21)18-11-13-29(14-12-18)26(32)19-7-5-4-6-8-19/h4-10,15,17-18,23H,3,11-14,16H2,1-2H3,(H,27,31)(H,28,30)/t17-,23+/m0/s1. The molecule has 0 unspecified atom stereocenters. The molecule has 8 heteroatoms. The summed E-state index contributed by atoms with van der Waals surface area (Å²) in [7, 11) is 0. The van der Waals surface area contributed by atoms with Crippen molar-refractivity contribution >= 4 is 17.7 Å². The fourth-order valence-electron chi connectivity index (χ4n) is 4.29. The molecule has 2 heterocycles. The molecule has 2 N–H and O–H groups in total. The Balaban J connectivity index is 1.45. The SMILES string of the molecule is CC[C@H](C)NC(=O)[C@H](NC(=O)c1ccc2c(c1)OCO2)C1CCN(C(=O)c2ccccc2)CC1. The Morgan fingerprint density at radius 1 is 0.971 bits per heavy atom. The fourth-order valence-corrected chi connectivity index (χ4v) is 4.29. The third-order valence-electron chi connectivity index (χ3n) is 6.52. The molecule has 4 rings (SSSR count). The Labute approximate surface area is 199 Å². The van der Waals surface area contributed by atoms with Crippen LogP contribution in [0.3, 0.4) is 0 Å². The van der Waals surface area contributed by atoms with Gasteiger partial charge in [0.05, 0.1) is 0 Å². The van der Waals surface area contributed by atoms with Crippen LogP contribution in [0.5, 0.6) is 11.5 Å². The predicted octanol–water partition coefficient (Wildman–Crippen LogP) is 2.98. The molecule has 0 aromatic heterocycles. The number of fused-ring (bicyclic) bond motifs is 1. The molecule has 0 spiro atoms. The van der Waals surface area contributed by atoms with E-state index in [1.807, 2.05) is 49.1 Å². The smallest absolute Gasteiger partial charge is 0.253 e. The zero-order valence-corrected chi connectivity index (χ0v) is 19.6. The number of piperidine rings is 1. The van der Waals surface area contributed by atoms with Crippen molar-refractivity contribution in [3.05, 3.63) is 59.7 Å². The van der Waals surface area contributed by atoms with Crippen LogP contribution in [0.2, 0.25) is 0 Å². The summed E-state index contributed by atoms with van der Waals surface area (Å²) in [6, 6.07) is 13.5. The van der Waals surface area contributed by atoms with E-state index in [0.717, 1.165) is 6.42 Å². The molecular weight excluding hydrogens is 434 g/mol. The summed E-state index contributed by atoms with van der Waals surface area (Å²) >= 11 is 0. The fraction of sp³-hybridized carbons (Fsp3) is 0.423. The summed E-state index contributed by atoms with van der Waals surface area (Å²) in [6.45, 7) is 5.13. The molecule has 1 fully saturated rings. The molecule has 8 nitrogen and oxygen atoms in total. The number of carbonyl (C=O) groups excluding carboxylic acids is 3. The van der Waals surface area contributed by atoms with Crippen molar-refractivity contribution in [2.24, 2.45) is 5.92 Å². The Kier molecular flexibility index (Phi) is 7.35. The zero-order chi connectivity index (χ0) is 24.1. The van der Waals surface area contributed by atoms with Gasteiger partial charge in [0.15, 0.2) is 11.5 Å². The van der Waals surface area contributed by atoms with Crippen LogP contribution in [0, 0.1) is 5.92 Å².